The van der Waals surface area contributed by atoms with Gasteiger partial charge in [-0.25, -0.2) is 0 Å². The second-order valence-electron chi connectivity index (χ2n) is 4.47. The number of nitrogens with two attached hydrogens (primary N) is 1. The predicted molar refractivity (Wildman–Crippen MR) is 64.4 cm³/mol. The molecule has 0 heterocycles. The van der Waals surface area contributed by atoms with Gasteiger partial charge in [0.05, 0.1) is 0 Å². The third-order valence-electron chi connectivity index (χ3n) is 2.38. The van der Waals surface area contributed by atoms with E-state index in [1.165, 1.54) is 11.1 Å². The van der Waals surface area contributed by atoms with Crippen LogP contribution in [0.15, 0.2) is 18.2 Å². The van der Waals surface area contributed by atoms with Gasteiger partial charge in [-0.1, -0.05) is 26.0 Å². The summed E-state index contributed by atoms with van der Waals surface area (Å²) in [6.07, 6.45) is 0. The summed E-state index contributed by atoms with van der Waals surface area (Å²) in [6, 6.07) is 6.44. The number of rotatable bonds is 4. The molecule has 1 atom stereocenters. The van der Waals surface area contributed by atoms with Crippen LogP contribution in [0.2, 0.25) is 0 Å². The summed E-state index contributed by atoms with van der Waals surface area (Å²) >= 11 is 0. The molecule has 0 aromatic heterocycles. The van der Waals surface area contributed by atoms with Gasteiger partial charge in [-0.3, -0.25) is 0 Å². The van der Waals surface area contributed by atoms with Crippen molar-refractivity contribution in [3.8, 4) is 5.75 Å². The van der Waals surface area contributed by atoms with Crippen LogP contribution < -0.4 is 10.5 Å². The van der Waals surface area contributed by atoms with Crippen LogP contribution >= 0.6 is 0 Å². The molecular weight excluding hydrogens is 186 g/mol. The number of hydrogen-bond donors (Lipinski definition) is 1. The van der Waals surface area contributed by atoms with Gasteiger partial charge in [0.2, 0.25) is 0 Å². The lowest BCUT2D eigenvalue weighted by Gasteiger charge is -2.14. The van der Waals surface area contributed by atoms with E-state index in [4.69, 9.17) is 10.5 Å². The molecular formula is C13H21NO. The van der Waals surface area contributed by atoms with Gasteiger partial charge in [-0.05, 0) is 37.0 Å². The molecule has 84 valence electrons. The largest absolute Gasteiger partial charge is 0.492 e. The predicted octanol–water partition coefficient (Wildman–Crippen LogP) is 2.84. The van der Waals surface area contributed by atoms with Crippen molar-refractivity contribution < 1.29 is 4.74 Å². The Labute approximate surface area is 92.4 Å². The standard InChI is InChI=1S/C13H21NO/c1-9(2)12-6-5-10(3)13(7-12)15-8-11(4)14/h5-7,9,11H,8,14H2,1-4H3/t11-/m1/s1. The molecule has 0 spiro atoms. The Kier molecular flexibility index (Phi) is 4.15. The summed E-state index contributed by atoms with van der Waals surface area (Å²) in [6.45, 7) is 8.94. The summed E-state index contributed by atoms with van der Waals surface area (Å²) in [5, 5.41) is 0. The molecule has 0 radical (unpaired) electrons. The molecule has 0 saturated carbocycles. The fraction of sp³-hybridized carbons (Fsp3) is 0.538. The average molecular weight is 207 g/mol. The molecule has 1 aromatic rings. The maximum atomic E-state index is 5.66. The van der Waals surface area contributed by atoms with Gasteiger partial charge in [-0.2, -0.15) is 0 Å². The minimum Gasteiger partial charge on any atom is -0.492 e. The maximum Gasteiger partial charge on any atom is 0.122 e. The summed E-state index contributed by atoms with van der Waals surface area (Å²) in [5.41, 5.74) is 8.14. The molecule has 15 heavy (non-hydrogen) atoms. The highest BCUT2D eigenvalue weighted by Crippen LogP contribution is 2.24. The van der Waals surface area contributed by atoms with E-state index in [-0.39, 0.29) is 6.04 Å². The average Bonchev–Trinajstić information content (AvgIpc) is 2.16. The zero-order valence-electron chi connectivity index (χ0n) is 10.1. The van der Waals surface area contributed by atoms with E-state index in [0.29, 0.717) is 12.5 Å². The zero-order chi connectivity index (χ0) is 11.4. The molecule has 2 heteroatoms. The van der Waals surface area contributed by atoms with Crippen LogP contribution in [-0.4, -0.2) is 12.6 Å². The van der Waals surface area contributed by atoms with Crippen LogP contribution in [0.5, 0.6) is 5.75 Å². The lowest BCUT2D eigenvalue weighted by Crippen LogP contribution is -2.23. The third kappa shape index (κ3) is 3.56. The minimum atomic E-state index is 0.0760. The first-order valence-corrected chi connectivity index (χ1v) is 5.49. The molecule has 0 fully saturated rings. The van der Waals surface area contributed by atoms with Crippen LogP contribution in [0.4, 0.5) is 0 Å². The van der Waals surface area contributed by atoms with Gasteiger partial charge < -0.3 is 10.5 Å². The Morgan fingerprint density at radius 3 is 2.47 bits per heavy atom. The quantitative estimate of drug-likeness (QED) is 0.824. The second-order valence-corrected chi connectivity index (χ2v) is 4.47. The third-order valence-corrected chi connectivity index (χ3v) is 2.38. The van der Waals surface area contributed by atoms with Gasteiger partial charge >= 0.3 is 0 Å². The fourth-order valence-electron chi connectivity index (χ4n) is 1.35. The minimum absolute atomic E-state index is 0.0760. The topological polar surface area (TPSA) is 35.2 Å². The van der Waals surface area contributed by atoms with Gasteiger partial charge in [-0.15, -0.1) is 0 Å². The first-order chi connectivity index (χ1) is 7.00. The van der Waals surface area contributed by atoms with Gasteiger partial charge in [0.1, 0.15) is 12.4 Å². The van der Waals surface area contributed by atoms with Gasteiger partial charge in [0.15, 0.2) is 0 Å². The summed E-state index contributed by atoms with van der Waals surface area (Å²) in [4.78, 5) is 0. The highest BCUT2D eigenvalue weighted by atomic mass is 16.5. The maximum absolute atomic E-state index is 5.66. The zero-order valence-corrected chi connectivity index (χ0v) is 10.1. The number of hydrogen-bond acceptors (Lipinski definition) is 2. The highest BCUT2D eigenvalue weighted by molar-refractivity contribution is 5.37. The molecule has 1 rings (SSSR count). The summed E-state index contributed by atoms with van der Waals surface area (Å²) < 4.78 is 5.66. The van der Waals surface area contributed by atoms with Gasteiger partial charge in [0.25, 0.3) is 0 Å². The normalized spacial score (nSPS) is 12.9. The van der Waals surface area contributed by atoms with Crippen molar-refractivity contribution in [1.82, 2.24) is 0 Å². The van der Waals surface area contributed by atoms with E-state index in [1.54, 1.807) is 0 Å². The lowest BCUT2D eigenvalue weighted by molar-refractivity contribution is 0.294. The molecule has 2 nitrogen and oxygen atoms in total. The summed E-state index contributed by atoms with van der Waals surface area (Å²) in [5.74, 6) is 1.49. The van der Waals surface area contributed by atoms with E-state index < -0.39 is 0 Å². The Hall–Kier alpha value is -1.02. The van der Waals surface area contributed by atoms with Crippen LogP contribution in [0, 0.1) is 6.92 Å². The van der Waals surface area contributed by atoms with Gasteiger partial charge in [0, 0.05) is 6.04 Å². The SMILES string of the molecule is Cc1ccc(C(C)C)cc1OC[C@@H](C)N. The molecule has 0 aliphatic rings. The molecule has 0 amide bonds. The van der Waals surface area contributed by atoms with Crippen molar-refractivity contribution >= 4 is 0 Å². The summed E-state index contributed by atoms with van der Waals surface area (Å²) in [7, 11) is 0. The van der Waals surface area contributed by atoms with Crippen molar-refractivity contribution in [2.75, 3.05) is 6.61 Å². The molecule has 0 saturated heterocycles. The Balaban J connectivity index is 2.81. The molecule has 0 aliphatic carbocycles. The van der Waals surface area contributed by atoms with Crippen molar-refractivity contribution in [1.29, 1.82) is 0 Å². The van der Waals surface area contributed by atoms with Crippen molar-refractivity contribution in [2.45, 2.75) is 39.7 Å². The molecule has 0 unspecified atom stereocenters. The van der Waals surface area contributed by atoms with Crippen LogP contribution in [-0.2, 0) is 0 Å². The van der Waals surface area contributed by atoms with Crippen LogP contribution in [0.25, 0.3) is 0 Å². The molecule has 2 N–H and O–H groups in total. The van der Waals surface area contributed by atoms with E-state index in [0.717, 1.165) is 5.75 Å². The number of benzene rings is 1. The first kappa shape index (κ1) is 12.1. The Bertz CT molecular complexity index is 318. The number of ether oxygens (including phenoxy) is 1. The van der Waals surface area contributed by atoms with E-state index in [1.807, 2.05) is 6.92 Å². The fourth-order valence-corrected chi connectivity index (χ4v) is 1.35. The smallest absolute Gasteiger partial charge is 0.122 e. The Morgan fingerprint density at radius 1 is 1.27 bits per heavy atom. The van der Waals surface area contributed by atoms with Crippen molar-refractivity contribution in [3.05, 3.63) is 29.3 Å². The highest BCUT2D eigenvalue weighted by Gasteiger charge is 2.05. The van der Waals surface area contributed by atoms with Crippen LogP contribution in [0.1, 0.15) is 37.8 Å². The molecule has 1 aromatic carbocycles. The first-order valence-electron chi connectivity index (χ1n) is 5.49. The van der Waals surface area contributed by atoms with Crippen molar-refractivity contribution in [3.63, 3.8) is 0 Å². The van der Waals surface area contributed by atoms with Crippen LogP contribution in [0.3, 0.4) is 0 Å². The van der Waals surface area contributed by atoms with Crippen molar-refractivity contribution in [2.24, 2.45) is 5.73 Å². The molecule has 0 bridgehead atoms. The van der Waals surface area contributed by atoms with E-state index >= 15 is 0 Å². The van der Waals surface area contributed by atoms with E-state index in [9.17, 15) is 0 Å². The lowest BCUT2D eigenvalue weighted by atomic mass is 10.0. The number of aryl methyl sites for hydroxylation is 1. The Morgan fingerprint density at radius 2 is 1.93 bits per heavy atom. The monoisotopic (exact) mass is 207 g/mol. The van der Waals surface area contributed by atoms with E-state index in [2.05, 4.69) is 39.0 Å². The molecule has 0 aliphatic heterocycles. The second kappa shape index (κ2) is 5.17.